The third-order valence-electron chi connectivity index (χ3n) is 6.88. The van der Waals surface area contributed by atoms with Crippen molar-refractivity contribution in [1.82, 2.24) is 31.9 Å². The summed E-state index contributed by atoms with van der Waals surface area (Å²) in [5, 5.41) is 51.4. The van der Waals surface area contributed by atoms with Crippen LogP contribution in [0.15, 0.2) is 0 Å². The topological polar surface area (TPSA) is 342 Å². The summed E-state index contributed by atoms with van der Waals surface area (Å²) >= 11 is 0. The Hall–Kier alpha value is -4.40. The third kappa shape index (κ3) is 16.4. The van der Waals surface area contributed by atoms with Crippen molar-refractivity contribution in [3.05, 3.63) is 0 Å². The molecule has 0 saturated carbocycles. The average Bonchev–Trinajstić information content (AvgIpc) is 3.01. The van der Waals surface area contributed by atoms with E-state index in [1.54, 1.807) is 13.8 Å². The largest absolute Gasteiger partial charge is 0.481 e. The smallest absolute Gasteiger partial charge is 0.326 e. The molecular weight excluding hydrogens is 640 g/mol. The first kappa shape index (κ1) is 43.6. The predicted molar refractivity (Wildman–Crippen MR) is 167 cm³/mol. The van der Waals surface area contributed by atoms with Crippen molar-refractivity contribution in [2.24, 2.45) is 17.4 Å². The molecule has 0 aliphatic carbocycles. The number of carboxylic acid groups (broad SMARTS) is 2. The highest BCUT2D eigenvalue weighted by Crippen LogP contribution is 2.05. The number of rotatable bonds is 23. The molecule has 20 heteroatoms. The Balaban J connectivity index is 5.60. The fourth-order valence-electron chi connectivity index (χ4n) is 4.02. The highest BCUT2D eigenvalue weighted by Gasteiger charge is 2.33. The first-order valence-corrected chi connectivity index (χ1v) is 15.3. The van der Waals surface area contributed by atoms with Crippen molar-refractivity contribution in [2.45, 2.75) is 102 Å². The molecular formula is C28H50N8O12. The molecule has 48 heavy (non-hydrogen) atoms. The quantitative estimate of drug-likeness (QED) is 0.0447. The van der Waals surface area contributed by atoms with Crippen molar-refractivity contribution >= 4 is 47.4 Å². The molecule has 14 N–H and O–H groups in total. The van der Waals surface area contributed by atoms with E-state index in [9.17, 15) is 48.6 Å². The maximum atomic E-state index is 13.1. The zero-order valence-corrected chi connectivity index (χ0v) is 27.5. The van der Waals surface area contributed by atoms with Gasteiger partial charge in [0, 0.05) is 6.42 Å². The summed E-state index contributed by atoms with van der Waals surface area (Å²) in [6.45, 7) is 4.43. The van der Waals surface area contributed by atoms with E-state index in [-0.39, 0.29) is 6.42 Å². The molecule has 20 nitrogen and oxygen atoms in total. The van der Waals surface area contributed by atoms with Gasteiger partial charge in [0.05, 0.1) is 19.3 Å². The van der Waals surface area contributed by atoms with E-state index < -0.39 is 122 Å². The number of aliphatic hydroxyl groups is 2. The van der Waals surface area contributed by atoms with Gasteiger partial charge in [-0.3, -0.25) is 33.6 Å². The molecule has 0 aromatic rings. The third-order valence-corrected chi connectivity index (χ3v) is 6.88. The van der Waals surface area contributed by atoms with Gasteiger partial charge in [0.25, 0.3) is 0 Å². The van der Waals surface area contributed by atoms with E-state index in [0.717, 1.165) is 6.92 Å². The number of aliphatic hydroxyl groups excluding tert-OH is 2. The summed E-state index contributed by atoms with van der Waals surface area (Å²) in [6.07, 6.45) is -1.54. The monoisotopic (exact) mass is 690 g/mol. The normalized spacial score (nSPS) is 15.4. The van der Waals surface area contributed by atoms with Crippen LogP contribution in [0.5, 0.6) is 0 Å². The summed E-state index contributed by atoms with van der Waals surface area (Å²) in [4.78, 5) is 98.7. The Kier molecular flexibility index (Phi) is 20.2. The van der Waals surface area contributed by atoms with Gasteiger partial charge in [-0.05, 0) is 52.0 Å². The van der Waals surface area contributed by atoms with Gasteiger partial charge in [-0.2, -0.15) is 0 Å². The van der Waals surface area contributed by atoms with Gasteiger partial charge >= 0.3 is 11.9 Å². The molecule has 0 aromatic heterocycles. The number of nitrogens with one attached hydrogen (secondary N) is 6. The van der Waals surface area contributed by atoms with E-state index in [2.05, 4.69) is 31.9 Å². The van der Waals surface area contributed by atoms with Gasteiger partial charge in [0.2, 0.25) is 35.4 Å². The first-order chi connectivity index (χ1) is 22.4. The van der Waals surface area contributed by atoms with Gasteiger partial charge in [-0.1, -0.05) is 13.8 Å². The molecule has 7 atom stereocenters. The second-order valence-corrected chi connectivity index (χ2v) is 11.4. The maximum absolute atomic E-state index is 13.1. The number of hydrogen-bond acceptors (Lipinski definition) is 12. The van der Waals surface area contributed by atoms with Crippen LogP contribution in [0.1, 0.15) is 59.8 Å². The summed E-state index contributed by atoms with van der Waals surface area (Å²) in [5.74, 6) is -8.63. The van der Waals surface area contributed by atoms with E-state index in [4.69, 9.17) is 21.7 Å². The first-order valence-electron chi connectivity index (χ1n) is 15.3. The minimum atomic E-state index is -1.69. The van der Waals surface area contributed by atoms with Gasteiger partial charge in [-0.15, -0.1) is 0 Å². The lowest BCUT2D eigenvalue weighted by Gasteiger charge is -2.26. The summed E-state index contributed by atoms with van der Waals surface area (Å²) in [7, 11) is 0. The van der Waals surface area contributed by atoms with Crippen LogP contribution in [0, 0.1) is 5.92 Å². The van der Waals surface area contributed by atoms with Gasteiger partial charge < -0.3 is 63.8 Å². The Morgan fingerprint density at radius 2 is 1.27 bits per heavy atom. The van der Waals surface area contributed by atoms with Gasteiger partial charge in [0.1, 0.15) is 36.3 Å². The highest BCUT2D eigenvalue weighted by atomic mass is 16.4. The second-order valence-electron chi connectivity index (χ2n) is 11.4. The lowest BCUT2D eigenvalue weighted by molar-refractivity contribution is -0.143. The molecule has 6 amide bonds. The van der Waals surface area contributed by atoms with Crippen molar-refractivity contribution in [2.75, 3.05) is 19.7 Å². The maximum Gasteiger partial charge on any atom is 0.326 e. The number of carboxylic acids is 2. The van der Waals surface area contributed by atoms with Crippen molar-refractivity contribution in [1.29, 1.82) is 0 Å². The van der Waals surface area contributed by atoms with E-state index in [1.165, 1.54) is 6.92 Å². The van der Waals surface area contributed by atoms with Gasteiger partial charge in [0.15, 0.2) is 0 Å². The molecule has 0 rings (SSSR count). The Morgan fingerprint density at radius 3 is 1.77 bits per heavy atom. The molecule has 0 bridgehead atoms. The summed E-state index contributed by atoms with van der Waals surface area (Å²) in [5.41, 5.74) is 11.0. The fourth-order valence-corrected chi connectivity index (χ4v) is 4.02. The molecule has 0 unspecified atom stereocenters. The molecule has 0 aromatic carbocycles. The Bertz CT molecular complexity index is 1140. The standard InChI is InChI=1S/C28H50N8O12/c1-13(2)21(28(47)48)35-23(42)14(3)32-27(46)22(15(4)38)36-26(45)18(8-9-20(40)41)33-19(39)11-31-25(44)17(7-5-6-10-29)34-24(43)16(30)12-37/h13-18,21-22,37-38H,5-12,29-30H2,1-4H3,(H,31,44)(H,32,46)(H,33,39)(H,34,43)(H,35,42)(H,36,45)(H,40,41)(H,47,48)/t14-,15+,16-,17-,18-,21-,22-/m0/s1. The number of nitrogens with two attached hydrogens (primary N) is 2. The Morgan fingerprint density at radius 1 is 0.688 bits per heavy atom. The summed E-state index contributed by atoms with van der Waals surface area (Å²) in [6, 6.07) is -8.25. The van der Waals surface area contributed by atoms with Crippen LogP contribution in [0.25, 0.3) is 0 Å². The van der Waals surface area contributed by atoms with Crippen LogP contribution in [-0.2, 0) is 38.4 Å². The van der Waals surface area contributed by atoms with Crippen LogP contribution in [-0.4, -0.2) is 130 Å². The van der Waals surface area contributed by atoms with Crippen LogP contribution in [0.2, 0.25) is 0 Å². The predicted octanol–water partition coefficient (Wildman–Crippen LogP) is -5.02. The van der Waals surface area contributed by atoms with Crippen LogP contribution in [0.3, 0.4) is 0 Å². The van der Waals surface area contributed by atoms with Crippen molar-refractivity contribution < 1.29 is 58.8 Å². The molecule has 274 valence electrons. The minimum absolute atomic E-state index is 0.124. The molecule has 0 aliphatic heterocycles. The zero-order chi connectivity index (χ0) is 37.1. The molecule has 0 spiro atoms. The van der Waals surface area contributed by atoms with Gasteiger partial charge in [-0.25, -0.2) is 4.79 Å². The van der Waals surface area contributed by atoms with E-state index in [1.807, 2.05) is 0 Å². The molecule has 0 saturated heterocycles. The zero-order valence-electron chi connectivity index (χ0n) is 27.5. The SMILES string of the molecule is CC(C)[C@H](NC(=O)[C@H](C)NC(=O)[C@@H](NC(=O)[C@H](CCC(=O)O)NC(=O)CNC(=O)[C@H](CCCCN)NC(=O)[C@@H](N)CO)[C@@H](C)O)C(=O)O. The number of hydrogen-bond donors (Lipinski definition) is 12. The highest BCUT2D eigenvalue weighted by molar-refractivity contribution is 5.96. The Labute approximate surface area is 277 Å². The minimum Gasteiger partial charge on any atom is -0.481 e. The van der Waals surface area contributed by atoms with Crippen LogP contribution in [0.4, 0.5) is 0 Å². The lowest BCUT2D eigenvalue weighted by atomic mass is 10.0. The van der Waals surface area contributed by atoms with E-state index >= 15 is 0 Å². The molecule has 0 radical (unpaired) electrons. The van der Waals surface area contributed by atoms with Crippen molar-refractivity contribution in [3.8, 4) is 0 Å². The second kappa shape index (κ2) is 22.2. The molecule has 0 heterocycles. The number of carbonyl (C=O) groups excluding carboxylic acids is 6. The van der Waals surface area contributed by atoms with Crippen LogP contribution >= 0.6 is 0 Å². The molecule has 0 fully saturated rings. The van der Waals surface area contributed by atoms with Crippen LogP contribution < -0.4 is 43.4 Å². The van der Waals surface area contributed by atoms with E-state index in [0.29, 0.717) is 19.4 Å². The number of aliphatic carboxylic acids is 2. The van der Waals surface area contributed by atoms with Crippen molar-refractivity contribution in [3.63, 3.8) is 0 Å². The number of amides is 6. The summed E-state index contributed by atoms with van der Waals surface area (Å²) < 4.78 is 0. The number of carbonyl (C=O) groups is 8. The number of unbranched alkanes of at least 4 members (excludes halogenated alkanes) is 1. The average molecular weight is 691 g/mol. The lowest BCUT2D eigenvalue weighted by Crippen LogP contribution is -2.60. The fraction of sp³-hybridized carbons (Fsp3) is 0.714. The molecule has 0 aliphatic rings.